The van der Waals surface area contributed by atoms with Crippen LogP contribution < -0.4 is 4.74 Å². The molecule has 0 aliphatic rings. The molecule has 0 saturated heterocycles. The molecule has 1 aromatic rings. The van der Waals surface area contributed by atoms with E-state index in [9.17, 15) is 0 Å². The maximum atomic E-state index is 5.18. The summed E-state index contributed by atoms with van der Waals surface area (Å²) < 4.78 is 10.1. The van der Waals surface area contributed by atoms with E-state index in [1.54, 1.807) is 14.2 Å². The summed E-state index contributed by atoms with van der Waals surface area (Å²) >= 11 is 0. The number of para-hydroxylation sites is 1. The van der Waals surface area contributed by atoms with Crippen LogP contribution in [0.25, 0.3) is 6.08 Å². The molecule has 0 aliphatic heterocycles. The van der Waals surface area contributed by atoms with E-state index in [0.717, 1.165) is 11.3 Å². The van der Waals surface area contributed by atoms with E-state index in [2.05, 4.69) is 0 Å². The van der Waals surface area contributed by atoms with Crippen LogP contribution in [0.5, 0.6) is 5.75 Å². The molecule has 0 unspecified atom stereocenters. The first-order valence-electron chi connectivity index (χ1n) is 4.17. The van der Waals surface area contributed by atoms with Gasteiger partial charge >= 0.3 is 0 Å². The van der Waals surface area contributed by atoms with Crippen LogP contribution in [0.4, 0.5) is 0 Å². The Balaban J connectivity index is 2.74. The lowest BCUT2D eigenvalue weighted by atomic mass is 10.2. The molecule has 0 bridgehead atoms. The van der Waals surface area contributed by atoms with E-state index < -0.39 is 0 Å². The lowest BCUT2D eigenvalue weighted by Crippen LogP contribution is -1.86. The van der Waals surface area contributed by atoms with E-state index in [1.165, 1.54) is 0 Å². The summed E-state index contributed by atoms with van der Waals surface area (Å²) in [5.41, 5.74) is 1.07. The fraction of sp³-hybridized carbons (Fsp3) is 0.273. The highest BCUT2D eigenvalue weighted by atomic mass is 16.5. The van der Waals surface area contributed by atoms with Crippen LogP contribution in [-0.2, 0) is 4.74 Å². The van der Waals surface area contributed by atoms with Gasteiger partial charge in [-0.2, -0.15) is 0 Å². The molecule has 1 rings (SSSR count). The Bertz CT molecular complexity index is 279. The fourth-order valence-electron chi connectivity index (χ4n) is 1.08. The van der Waals surface area contributed by atoms with Gasteiger partial charge in [0.25, 0.3) is 0 Å². The van der Waals surface area contributed by atoms with Gasteiger partial charge in [-0.05, 0) is 6.07 Å². The molecule has 0 saturated carbocycles. The lowest BCUT2D eigenvalue weighted by molar-refractivity contribution is 0.234. The zero-order valence-electron chi connectivity index (χ0n) is 7.99. The molecule has 0 atom stereocenters. The smallest absolute Gasteiger partial charge is 0.126 e. The maximum absolute atomic E-state index is 5.18. The van der Waals surface area contributed by atoms with Crippen molar-refractivity contribution in [3.63, 3.8) is 0 Å². The summed E-state index contributed by atoms with van der Waals surface area (Å²) in [7, 11) is 3.34. The summed E-state index contributed by atoms with van der Waals surface area (Å²) in [6, 6.07) is 7.87. The van der Waals surface area contributed by atoms with Gasteiger partial charge in [0.15, 0.2) is 0 Å². The van der Waals surface area contributed by atoms with Crippen molar-refractivity contribution in [1.29, 1.82) is 0 Å². The van der Waals surface area contributed by atoms with Gasteiger partial charge in [0.05, 0.1) is 13.7 Å². The molecule has 0 radical (unpaired) electrons. The largest absolute Gasteiger partial charge is 0.496 e. The minimum Gasteiger partial charge on any atom is -0.496 e. The standard InChI is InChI=1S/C11H14O2/c1-12-9-5-7-10-6-3-4-8-11(10)13-2/h3-8H,9H2,1-2H3. The van der Waals surface area contributed by atoms with Gasteiger partial charge in [-0.3, -0.25) is 0 Å². The van der Waals surface area contributed by atoms with Crippen molar-refractivity contribution >= 4 is 6.08 Å². The molecular weight excluding hydrogens is 164 g/mol. The molecule has 0 spiro atoms. The third-order valence-electron chi connectivity index (χ3n) is 1.70. The van der Waals surface area contributed by atoms with Gasteiger partial charge in [0, 0.05) is 12.7 Å². The minimum atomic E-state index is 0.623. The number of benzene rings is 1. The molecule has 0 heterocycles. The van der Waals surface area contributed by atoms with Gasteiger partial charge < -0.3 is 9.47 Å². The maximum Gasteiger partial charge on any atom is 0.126 e. The SMILES string of the molecule is COCC=Cc1ccccc1OC. The predicted octanol–water partition coefficient (Wildman–Crippen LogP) is 2.35. The van der Waals surface area contributed by atoms with Crippen LogP contribution in [0.15, 0.2) is 30.3 Å². The summed E-state index contributed by atoms with van der Waals surface area (Å²) in [5.74, 6) is 0.884. The van der Waals surface area contributed by atoms with Crippen molar-refractivity contribution < 1.29 is 9.47 Å². The van der Waals surface area contributed by atoms with Crippen LogP contribution in [0.2, 0.25) is 0 Å². The molecule has 0 amide bonds. The highest BCUT2D eigenvalue weighted by molar-refractivity contribution is 5.57. The zero-order valence-corrected chi connectivity index (χ0v) is 7.99. The first-order chi connectivity index (χ1) is 6.38. The Morgan fingerprint density at radius 1 is 1.23 bits per heavy atom. The van der Waals surface area contributed by atoms with Crippen molar-refractivity contribution in [1.82, 2.24) is 0 Å². The Morgan fingerprint density at radius 2 is 2.00 bits per heavy atom. The van der Waals surface area contributed by atoms with E-state index in [4.69, 9.17) is 9.47 Å². The van der Waals surface area contributed by atoms with Crippen LogP contribution >= 0.6 is 0 Å². The molecule has 1 aromatic carbocycles. The van der Waals surface area contributed by atoms with Crippen molar-refractivity contribution in [3.05, 3.63) is 35.9 Å². The second kappa shape index (κ2) is 5.38. The van der Waals surface area contributed by atoms with Gasteiger partial charge in [-0.25, -0.2) is 0 Å². The first-order valence-corrected chi connectivity index (χ1v) is 4.17. The third kappa shape index (κ3) is 2.92. The van der Waals surface area contributed by atoms with E-state index in [0.29, 0.717) is 6.61 Å². The van der Waals surface area contributed by atoms with Crippen LogP contribution in [0.1, 0.15) is 5.56 Å². The molecule has 13 heavy (non-hydrogen) atoms. The van der Waals surface area contributed by atoms with Crippen LogP contribution in [-0.4, -0.2) is 20.8 Å². The predicted molar refractivity (Wildman–Crippen MR) is 53.9 cm³/mol. The molecular formula is C11H14O2. The first kappa shape index (κ1) is 9.81. The Kier molecular flexibility index (Phi) is 4.06. The zero-order chi connectivity index (χ0) is 9.52. The van der Waals surface area contributed by atoms with Gasteiger partial charge in [0.2, 0.25) is 0 Å². The average Bonchev–Trinajstić information content (AvgIpc) is 2.19. The molecule has 2 heteroatoms. The second-order valence-electron chi connectivity index (χ2n) is 2.60. The minimum absolute atomic E-state index is 0.623. The normalized spacial score (nSPS) is 10.6. The molecule has 0 aliphatic carbocycles. The van der Waals surface area contributed by atoms with Crippen molar-refractivity contribution in [3.8, 4) is 5.75 Å². The van der Waals surface area contributed by atoms with E-state index in [1.807, 2.05) is 36.4 Å². The van der Waals surface area contributed by atoms with E-state index in [-0.39, 0.29) is 0 Å². The monoisotopic (exact) mass is 178 g/mol. The van der Waals surface area contributed by atoms with Crippen molar-refractivity contribution in [2.75, 3.05) is 20.8 Å². The number of hydrogen-bond donors (Lipinski definition) is 0. The summed E-state index contributed by atoms with van der Waals surface area (Å²) in [5, 5.41) is 0. The molecule has 0 N–H and O–H groups in total. The second-order valence-corrected chi connectivity index (χ2v) is 2.60. The number of methoxy groups -OCH3 is 2. The molecule has 70 valence electrons. The van der Waals surface area contributed by atoms with Gasteiger partial charge in [0.1, 0.15) is 5.75 Å². The Labute approximate surface area is 78.8 Å². The molecule has 2 nitrogen and oxygen atoms in total. The number of rotatable bonds is 4. The molecule has 0 fully saturated rings. The van der Waals surface area contributed by atoms with Crippen LogP contribution in [0.3, 0.4) is 0 Å². The topological polar surface area (TPSA) is 18.5 Å². The Morgan fingerprint density at radius 3 is 2.69 bits per heavy atom. The lowest BCUT2D eigenvalue weighted by Gasteiger charge is -2.02. The fourth-order valence-corrected chi connectivity index (χ4v) is 1.08. The highest BCUT2D eigenvalue weighted by Gasteiger charge is 1.95. The third-order valence-corrected chi connectivity index (χ3v) is 1.70. The molecule has 0 aromatic heterocycles. The highest BCUT2D eigenvalue weighted by Crippen LogP contribution is 2.18. The van der Waals surface area contributed by atoms with Crippen molar-refractivity contribution in [2.45, 2.75) is 0 Å². The summed E-state index contributed by atoms with van der Waals surface area (Å²) in [4.78, 5) is 0. The quantitative estimate of drug-likeness (QED) is 0.704. The van der Waals surface area contributed by atoms with Gasteiger partial charge in [-0.15, -0.1) is 0 Å². The Hall–Kier alpha value is -1.28. The summed E-state index contributed by atoms with van der Waals surface area (Å²) in [6.45, 7) is 0.623. The number of hydrogen-bond acceptors (Lipinski definition) is 2. The summed E-state index contributed by atoms with van der Waals surface area (Å²) in [6.07, 6.45) is 3.94. The van der Waals surface area contributed by atoms with Crippen molar-refractivity contribution in [2.24, 2.45) is 0 Å². The van der Waals surface area contributed by atoms with E-state index >= 15 is 0 Å². The van der Waals surface area contributed by atoms with Gasteiger partial charge in [-0.1, -0.05) is 30.4 Å². The average molecular weight is 178 g/mol. The number of ether oxygens (including phenoxy) is 2. The van der Waals surface area contributed by atoms with Crippen LogP contribution in [0, 0.1) is 0 Å².